The van der Waals surface area contributed by atoms with E-state index in [2.05, 4.69) is 28.3 Å². The first-order valence-corrected chi connectivity index (χ1v) is 6.51. The molecule has 1 fully saturated rings. The number of rotatable bonds is 1. The van der Waals surface area contributed by atoms with Crippen molar-refractivity contribution in [2.45, 2.75) is 25.2 Å². The minimum absolute atomic E-state index is 0. The predicted molar refractivity (Wildman–Crippen MR) is 81.4 cm³/mol. The highest BCUT2D eigenvalue weighted by atomic mass is 35.5. The van der Waals surface area contributed by atoms with Crippen LogP contribution in [0.3, 0.4) is 0 Å². The molecule has 0 radical (unpaired) electrons. The van der Waals surface area contributed by atoms with Crippen LogP contribution < -0.4 is 5.32 Å². The molecule has 6 heteroatoms. The molecule has 0 aromatic carbocycles. The third kappa shape index (κ3) is 2.77. The second-order valence-corrected chi connectivity index (χ2v) is 5.70. The number of nitrogens with one attached hydrogen (secondary N) is 1. The smallest absolute Gasteiger partial charge is 0.142 e. The Morgan fingerprint density at radius 3 is 2.50 bits per heavy atom. The van der Waals surface area contributed by atoms with Crippen LogP contribution in [0.25, 0.3) is 10.3 Å². The molecule has 100 valence electrons. The zero-order chi connectivity index (χ0) is 11.0. The summed E-state index contributed by atoms with van der Waals surface area (Å²) in [5, 5.41) is 3.42. The summed E-state index contributed by atoms with van der Waals surface area (Å²) in [6.45, 7) is 4.59. The molecule has 2 aromatic rings. The Kier molecular flexibility index (Phi) is 5.34. The molecule has 3 nitrogen and oxygen atoms in total. The molecular weight excluding hydrogens is 289 g/mol. The van der Waals surface area contributed by atoms with Gasteiger partial charge in [0.05, 0.1) is 5.52 Å². The number of halogens is 2. The summed E-state index contributed by atoms with van der Waals surface area (Å²) in [6.07, 6.45) is 5.95. The zero-order valence-corrected chi connectivity index (χ0v) is 12.6. The lowest BCUT2D eigenvalue weighted by Gasteiger charge is -2.32. The van der Waals surface area contributed by atoms with Gasteiger partial charge in [-0.1, -0.05) is 6.92 Å². The molecule has 1 N–H and O–H groups in total. The van der Waals surface area contributed by atoms with Crippen LogP contribution in [0.4, 0.5) is 0 Å². The van der Waals surface area contributed by atoms with Crippen LogP contribution in [0.15, 0.2) is 18.5 Å². The van der Waals surface area contributed by atoms with E-state index in [1.54, 1.807) is 23.7 Å². The molecule has 1 saturated heterocycles. The van der Waals surface area contributed by atoms with Crippen molar-refractivity contribution in [1.82, 2.24) is 15.3 Å². The number of hydrogen-bond donors (Lipinski definition) is 1. The average Bonchev–Trinajstić information content (AvgIpc) is 2.74. The van der Waals surface area contributed by atoms with Crippen LogP contribution in [0, 0.1) is 0 Å². The highest BCUT2D eigenvalue weighted by molar-refractivity contribution is 7.18. The summed E-state index contributed by atoms with van der Waals surface area (Å²) >= 11 is 1.80. The Morgan fingerprint density at radius 1 is 1.17 bits per heavy atom. The van der Waals surface area contributed by atoms with Gasteiger partial charge in [-0.25, -0.2) is 4.98 Å². The van der Waals surface area contributed by atoms with Gasteiger partial charge >= 0.3 is 0 Å². The summed E-state index contributed by atoms with van der Waals surface area (Å²) in [4.78, 5) is 11.2. The van der Waals surface area contributed by atoms with Gasteiger partial charge in [-0.2, -0.15) is 0 Å². The second-order valence-electron chi connectivity index (χ2n) is 4.67. The fourth-order valence-electron chi connectivity index (χ4n) is 2.29. The van der Waals surface area contributed by atoms with E-state index in [9.17, 15) is 0 Å². The molecule has 1 aliphatic rings. The van der Waals surface area contributed by atoms with E-state index in [1.807, 2.05) is 0 Å². The van der Waals surface area contributed by atoms with Gasteiger partial charge in [-0.15, -0.1) is 36.2 Å². The number of piperidine rings is 1. The molecule has 1 aliphatic heterocycles. The minimum Gasteiger partial charge on any atom is -0.317 e. The van der Waals surface area contributed by atoms with Crippen molar-refractivity contribution < 1.29 is 0 Å². The summed E-state index contributed by atoms with van der Waals surface area (Å²) in [7, 11) is 0. The Labute approximate surface area is 123 Å². The van der Waals surface area contributed by atoms with Crippen molar-refractivity contribution in [1.29, 1.82) is 0 Å². The molecule has 0 aliphatic carbocycles. The monoisotopic (exact) mass is 305 g/mol. The largest absolute Gasteiger partial charge is 0.317 e. The molecular formula is C12H17Cl2N3S. The van der Waals surface area contributed by atoms with E-state index in [1.165, 1.54) is 17.7 Å². The Balaban J connectivity index is 0.000000810. The van der Waals surface area contributed by atoms with Crippen molar-refractivity contribution in [2.24, 2.45) is 0 Å². The standard InChI is InChI=1S/C12H15N3S.2ClH/c1-12(2-4-13-5-3-12)10-8-9-11(16-10)15-7-6-14-9;;/h6-8,13H,2-5H2,1H3;2*1H. The Bertz CT molecular complexity index is 476. The minimum atomic E-state index is 0. The number of hydrogen-bond acceptors (Lipinski definition) is 4. The van der Waals surface area contributed by atoms with Crippen molar-refractivity contribution in [2.75, 3.05) is 13.1 Å². The molecule has 0 bridgehead atoms. The lowest BCUT2D eigenvalue weighted by atomic mass is 9.80. The maximum Gasteiger partial charge on any atom is 0.142 e. The number of fused-ring (bicyclic) bond motifs is 1. The van der Waals surface area contributed by atoms with Crippen LogP contribution in [0.5, 0.6) is 0 Å². The highest BCUT2D eigenvalue weighted by Gasteiger charge is 2.30. The summed E-state index contributed by atoms with van der Waals surface area (Å²) in [5.41, 5.74) is 1.36. The van der Waals surface area contributed by atoms with E-state index >= 15 is 0 Å². The van der Waals surface area contributed by atoms with E-state index in [0.717, 1.165) is 23.4 Å². The lowest BCUT2D eigenvalue weighted by Crippen LogP contribution is -2.37. The molecule has 3 heterocycles. The van der Waals surface area contributed by atoms with Crippen LogP contribution >= 0.6 is 36.2 Å². The first-order chi connectivity index (χ1) is 7.78. The first-order valence-electron chi connectivity index (χ1n) is 5.70. The summed E-state index contributed by atoms with van der Waals surface area (Å²) < 4.78 is 0. The van der Waals surface area contributed by atoms with Crippen LogP contribution in [0.2, 0.25) is 0 Å². The zero-order valence-electron chi connectivity index (χ0n) is 10.2. The molecule has 0 amide bonds. The van der Waals surface area contributed by atoms with Gasteiger partial charge in [0, 0.05) is 22.7 Å². The molecule has 0 atom stereocenters. The Morgan fingerprint density at radius 2 is 1.83 bits per heavy atom. The molecule has 2 aromatic heterocycles. The molecule has 3 rings (SSSR count). The third-order valence-corrected chi connectivity index (χ3v) is 4.81. The van der Waals surface area contributed by atoms with Crippen LogP contribution in [0.1, 0.15) is 24.6 Å². The fraction of sp³-hybridized carbons (Fsp3) is 0.500. The van der Waals surface area contributed by atoms with Crippen molar-refractivity contribution in [3.8, 4) is 0 Å². The topological polar surface area (TPSA) is 37.8 Å². The van der Waals surface area contributed by atoms with Crippen LogP contribution in [-0.2, 0) is 5.41 Å². The quantitative estimate of drug-likeness (QED) is 0.879. The molecule has 0 spiro atoms. The van der Waals surface area contributed by atoms with Gasteiger partial charge < -0.3 is 5.32 Å². The van der Waals surface area contributed by atoms with E-state index in [0.29, 0.717) is 5.41 Å². The summed E-state index contributed by atoms with van der Waals surface area (Å²) in [6, 6.07) is 2.22. The average molecular weight is 306 g/mol. The van der Waals surface area contributed by atoms with Gasteiger partial charge in [0.2, 0.25) is 0 Å². The molecule has 0 unspecified atom stereocenters. The van der Waals surface area contributed by atoms with E-state index in [4.69, 9.17) is 0 Å². The molecule has 0 saturated carbocycles. The van der Waals surface area contributed by atoms with Crippen molar-refractivity contribution in [3.05, 3.63) is 23.3 Å². The maximum absolute atomic E-state index is 4.37. The van der Waals surface area contributed by atoms with E-state index in [-0.39, 0.29) is 24.8 Å². The van der Waals surface area contributed by atoms with Crippen molar-refractivity contribution in [3.63, 3.8) is 0 Å². The maximum atomic E-state index is 4.37. The number of nitrogens with zero attached hydrogens (tertiary/aromatic N) is 2. The lowest BCUT2D eigenvalue weighted by molar-refractivity contribution is 0.341. The van der Waals surface area contributed by atoms with Gasteiger partial charge in [-0.3, -0.25) is 4.98 Å². The normalized spacial score (nSPS) is 17.8. The Hall–Kier alpha value is -0.420. The molecule has 18 heavy (non-hydrogen) atoms. The SMILES string of the molecule is CC1(c2cc3nccnc3s2)CCNCC1.Cl.Cl. The van der Waals surface area contributed by atoms with Gasteiger partial charge in [0.1, 0.15) is 4.83 Å². The van der Waals surface area contributed by atoms with E-state index < -0.39 is 0 Å². The third-order valence-electron chi connectivity index (χ3n) is 3.47. The summed E-state index contributed by atoms with van der Waals surface area (Å²) in [5.74, 6) is 0. The number of thiophene rings is 1. The first kappa shape index (κ1) is 15.6. The van der Waals surface area contributed by atoms with Gasteiger partial charge in [0.15, 0.2) is 0 Å². The second kappa shape index (κ2) is 6.15. The predicted octanol–water partition coefficient (Wildman–Crippen LogP) is 3.18. The van der Waals surface area contributed by atoms with Gasteiger partial charge in [0.25, 0.3) is 0 Å². The highest BCUT2D eigenvalue weighted by Crippen LogP contribution is 2.38. The van der Waals surface area contributed by atoms with Crippen LogP contribution in [-0.4, -0.2) is 23.1 Å². The van der Waals surface area contributed by atoms with Gasteiger partial charge in [-0.05, 0) is 32.0 Å². The number of aromatic nitrogens is 2. The fourth-order valence-corrected chi connectivity index (χ4v) is 3.45. The van der Waals surface area contributed by atoms with Crippen molar-refractivity contribution >= 4 is 46.5 Å².